The highest BCUT2D eigenvalue weighted by molar-refractivity contribution is 5.26. The summed E-state index contributed by atoms with van der Waals surface area (Å²) in [5, 5.41) is 0. The summed E-state index contributed by atoms with van der Waals surface area (Å²) < 4.78 is 0. The normalized spacial score (nSPS) is 46.8. The van der Waals surface area contributed by atoms with E-state index in [1.165, 1.54) is 36.8 Å². The molecule has 0 N–H and O–H groups in total. The molecule has 0 aromatic rings. The van der Waals surface area contributed by atoms with Crippen molar-refractivity contribution in [2.24, 2.45) is 10.8 Å². The highest BCUT2D eigenvalue weighted by Crippen LogP contribution is 2.64. The van der Waals surface area contributed by atoms with E-state index < -0.39 is 0 Å². The number of rotatable bonds is 0. The first-order valence-corrected chi connectivity index (χ1v) is 4.79. The Labute approximate surface area is 75.4 Å². The molecule has 0 heteroatoms. The molecule has 0 nitrogen and oxygen atoms in total. The molecule has 0 atom stereocenters. The molecule has 0 aromatic carbocycles. The summed E-state index contributed by atoms with van der Waals surface area (Å²) in [5.74, 6) is 0. The molecular formula is C12H18. The summed E-state index contributed by atoms with van der Waals surface area (Å²) in [4.78, 5) is 0. The molecule has 0 aliphatic heterocycles. The van der Waals surface area contributed by atoms with Crippen molar-refractivity contribution in [1.82, 2.24) is 0 Å². The number of fused-ring (bicyclic) bond motifs is 1. The largest absolute Gasteiger partial charge is 0.0998 e. The van der Waals surface area contributed by atoms with E-state index in [9.17, 15) is 0 Å². The summed E-state index contributed by atoms with van der Waals surface area (Å²) in [6.45, 7) is 13.1. The Morgan fingerprint density at radius 2 is 1.08 bits per heavy atom. The monoisotopic (exact) mass is 162 g/mol. The maximum absolute atomic E-state index is 4.12. The van der Waals surface area contributed by atoms with Crippen LogP contribution in [0.4, 0.5) is 0 Å². The summed E-state index contributed by atoms with van der Waals surface area (Å²) in [7, 11) is 0. The van der Waals surface area contributed by atoms with Gasteiger partial charge in [0.2, 0.25) is 0 Å². The molecule has 2 rings (SSSR count). The van der Waals surface area contributed by atoms with E-state index >= 15 is 0 Å². The predicted molar refractivity (Wildman–Crippen MR) is 53.0 cm³/mol. The third kappa shape index (κ3) is 0.840. The predicted octanol–water partition coefficient (Wildman–Crippen LogP) is 3.70. The van der Waals surface area contributed by atoms with Crippen LogP contribution < -0.4 is 0 Å². The van der Waals surface area contributed by atoms with Crippen LogP contribution in [0.1, 0.15) is 39.5 Å². The van der Waals surface area contributed by atoms with E-state index in [1.54, 1.807) is 0 Å². The van der Waals surface area contributed by atoms with Crippen molar-refractivity contribution in [2.75, 3.05) is 0 Å². The maximum Gasteiger partial charge on any atom is -0.0192 e. The summed E-state index contributed by atoms with van der Waals surface area (Å²) >= 11 is 0. The van der Waals surface area contributed by atoms with Crippen molar-refractivity contribution in [2.45, 2.75) is 39.5 Å². The molecule has 2 saturated carbocycles. The van der Waals surface area contributed by atoms with Crippen LogP contribution in [-0.2, 0) is 0 Å². The lowest BCUT2D eigenvalue weighted by Crippen LogP contribution is -2.25. The molecule has 2 aliphatic carbocycles. The molecule has 12 heavy (non-hydrogen) atoms. The van der Waals surface area contributed by atoms with Gasteiger partial charge < -0.3 is 0 Å². The quantitative estimate of drug-likeness (QED) is 0.476. The molecule has 0 aromatic heterocycles. The van der Waals surface area contributed by atoms with E-state index in [-0.39, 0.29) is 0 Å². The standard InChI is InChI=1S/C12H18/c1-9-5-11(3)7-10(2)8-12(11,4)6-9/h1-2,5-8H2,3-4H3. The Morgan fingerprint density at radius 3 is 1.33 bits per heavy atom. The van der Waals surface area contributed by atoms with Crippen LogP contribution in [0.15, 0.2) is 24.3 Å². The Balaban J connectivity index is 2.38. The third-order valence-corrected chi connectivity index (χ3v) is 4.02. The summed E-state index contributed by atoms with van der Waals surface area (Å²) in [5.41, 5.74) is 3.88. The minimum Gasteiger partial charge on any atom is -0.0998 e. The fourth-order valence-corrected chi connectivity index (χ4v) is 3.31. The summed E-state index contributed by atoms with van der Waals surface area (Å²) in [6.07, 6.45) is 4.90. The van der Waals surface area contributed by atoms with Gasteiger partial charge in [-0.2, -0.15) is 0 Å². The van der Waals surface area contributed by atoms with Gasteiger partial charge >= 0.3 is 0 Å². The van der Waals surface area contributed by atoms with Crippen LogP contribution in [0.5, 0.6) is 0 Å². The maximum atomic E-state index is 4.12. The average molecular weight is 162 g/mol. The molecule has 0 bridgehead atoms. The van der Waals surface area contributed by atoms with E-state index in [2.05, 4.69) is 27.0 Å². The third-order valence-electron chi connectivity index (χ3n) is 4.02. The lowest BCUT2D eigenvalue weighted by molar-refractivity contribution is 0.157. The molecule has 66 valence electrons. The molecule has 0 spiro atoms. The smallest absolute Gasteiger partial charge is 0.0192 e. The molecule has 0 saturated heterocycles. The van der Waals surface area contributed by atoms with Gasteiger partial charge in [-0.15, -0.1) is 0 Å². The van der Waals surface area contributed by atoms with E-state index in [0.29, 0.717) is 10.8 Å². The Bertz CT molecular complexity index is 213. The minimum atomic E-state index is 0.487. The zero-order valence-electron chi connectivity index (χ0n) is 8.24. The van der Waals surface area contributed by atoms with Crippen LogP contribution in [0.2, 0.25) is 0 Å². The van der Waals surface area contributed by atoms with Crippen molar-refractivity contribution in [3.8, 4) is 0 Å². The van der Waals surface area contributed by atoms with Crippen LogP contribution in [0, 0.1) is 10.8 Å². The van der Waals surface area contributed by atoms with Gasteiger partial charge in [0.1, 0.15) is 0 Å². The first-order valence-electron chi connectivity index (χ1n) is 4.79. The molecule has 0 amide bonds. The number of hydrogen-bond acceptors (Lipinski definition) is 0. The van der Waals surface area contributed by atoms with Crippen molar-refractivity contribution in [1.29, 1.82) is 0 Å². The van der Waals surface area contributed by atoms with E-state index in [4.69, 9.17) is 0 Å². The highest BCUT2D eigenvalue weighted by atomic mass is 14.6. The second-order valence-corrected chi connectivity index (χ2v) is 5.33. The Hall–Kier alpha value is -0.520. The highest BCUT2D eigenvalue weighted by Gasteiger charge is 2.53. The second kappa shape index (κ2) is 2.04. The zero-order chi connectivity index (χ0) is 8.98. The topological polar surface area (TPSA) is 0 Å². The first-order chi connectivity index (χ1) is 5.45. The second-order valence-electron chi connectivity index (χ2n) is 5.33. The molecular weight excluding hydrogens is 144 g/mol. The van der Waals surface area contributed by atoms with Gasteiger partial charge in [-0.25, -0.2) is 0 Å². The average Bonchev–Trinajstić information content (AvgIpc) is 2.09. The van der Waals surface area contributed by atoms with Gasteiger partial charge in [0.25, 0.3) is 0 Å². The molecule has 0 radical (unpaired) electrons. The van der Waals surface area contributed by atoms with Gasteiger partial charge in [0.15, 0.2) is 0 Å². The van der Waals surface area contributed by atoms with Gasteiger partial charge in [-0.3, -0.25) is 0 Å². The number of hydrogen-bond donors (Lipinski definition) is 0. The van der Waals surface area contributed by atoms with Crippen molar-refractivity contribution < 1.29 is 0 Å². The fourth-order valence-electron chi connectivity index (χ4n) is 3.31. The molecule has 2 fully saturated rings. The molecule has 0 unspecified atom stereocenters. The number of allylic oxidation sites excluding steroid dienone is 2. The van der Waals surface area contributed by atoms with Crippen LogP contribution in [0.25, 0.3) is 0 Å². The van der Waals surface area contributed by atoms with Gasteiger partial charge in [0, 0.05) is 0 Å². The lowest BCUT2D eigenvalue weighted by Gasteiger charge is -2.33. The molecule has 2 aliphatic rings. The van der Waals surface area contributed by atoms with Crippen molar-refractivity contribution in [3.63, 3.8) is 0 Å². The molecule has 0 heterocycles. The van der Waals surface area contributed by atoms with E-state index in [0.717, 1.165) is 0 Å². The van der Waals surface area contributed by atoms with Gasteiger partial charge in [-0.1, -0.05) is 38.2 Å². The van der Waals surface area contributed by atoms with Crippen molar-refractivity contribution >= 4 is 0 Å². The van der Waals surface area contributed by atoms with Gasteiger partial charge in [0.05, 0.1) is 0 Å². The van der Waals surface area contributed by atoms with Crippen LogP contribution in [-0.4, -0.2) is 0 Å². The van der Waals surface area contributed by atoms with Crippen molar-refractivity contribution in [3.05, 3.63) is 24.3 Å². The minimum absolute atomic E-state index is 0.487. The van der Waals surface area contributed by atoms with Gasteiger partial charge in [-0.05, 0) is 36.5 Å². The lowest BCUT2D eigenvalue weighted by atomic mass is 9.71. The van der Waals surface area contributed by atoms with Crippen LogP contribution in [0.3, 0.4) is 0 Å². The zero-order valence-corrected chi connectivity index (χ0v) is 8.24. The Morgan fingerprint density at radius 1 is 0.833 bits per heavy atom. The summed E-state index contributed by atoms with van der Waals surface area (Å²) in [6, 6.07) is 0. The SMILES string of the molecule is C=C1CC2(C)CC(=C)CC2(C)C1. The van der Waals surface area contributed by atoms with E-state index in [1.807, 2.05) is 0 Å². The Kier molecular flexibility index (Phi) is 1.38. The fraction of sp³-hybridized carbons (Fsp3) is 0.667. The van der Waals surface area contributed by atoms with Crippen LogP contribution >= 0.6 is 0 Å². The first kappa shape index (κ1) is 8.10.